The Morgan fingerprint density at radius 2 is 1.57 bits per heavy atom. The van der Waals surface area contributed by atoms with Gasteiger partial charge in [0.1, 0.15) is 11.6 Å². The number of ketones is 1. The van der Waals surface area contributed by atoms with Crippen molar-refractivity contribution in [2.24, 2.45) is 23.7 Å². The summed E-state index contributed by atoms with van der Waals surface area (Å²) in [6, 6.07) is 1.12. The van der Waals surface area contributed by atoms with Gasteiger partial charge in [-0.3, -0.25) is 19.2 Å². The van der Waals surface area contributed by atoms with Gasteiger partial charge in [0, 0.05) is 24.8 Å². The highest BCUT2D eigenvalue weighted by atomic mass is 16.4. The number of carbonyl (C=O) groups excluding carboxylic acids is 4. The van der Waals surface area contributed by atoms with Crippen molar-refractivity contribution in [3.8, 4) is 6.07 Å². The predicted octanol–water partition coefficient (Wildman–Crippen LogP) is 1.66. The summed E-state index contributed by atoms with van der Waals surface area (Å²) in [5, 5.41) is 36.5. The maximum absolute atomic E-state index is 13.0. The maximum Gasteiger partial charge on any atom is 0.475 e. The number of amides is 3. The first kappa shape index (κ1) is 34.3. The number of nitriles is 1. The van der Waals surface area contributed by atoms with Crippen molar-refractivity contribution in [1.82, 2.24) is 16.0 Å². The topological polar surface area (TPSA) is 169 Å². The average molecular weight is 520 g/mol. The summed E-state index contributed by atoms with van der Waals surface area (Å²) in [7, 11) is -1.74. The summed E-state index contributed by atoms with van der Waals surface area (Å²) in [4.78, 5) is 50.0. The molecule has 0 aromatic rings. The minimum atomic E-state index is -1.74. The fourth-order valence-corrected chi connectivity index (χ4v) is 3.58. The maximum atomic E-state index is 13.0. The lowest BCUT2D eigenvalue weighted by Crippen LogP contribution is -2.50. The average Bonchev–Trinajstić information content (AvgIpc) is 2.79. The Labute approximate surface area is 221 Å². The Morgan fingerprint density at radius 3 is 2.05 bits per heavy atom. The van der Waals surface area contributed by atoms with Gasteiger partial charge in [-0.25, -0.2) is 0 Å². The lowest BCUT2D eigenvalue weighted by atomic mass is 9.74. The molecule has 0 aromatic heterocycles. The molecule has 0 bridgehead atoms. The minimum Gasteiger partial charge on any atom is -0.426 e. The highest BCUT2D eigenvalue weighted by Gasteiger charge is 2.31. The van der Waals surface area contributed by atoms with E-state index >= 15 is 0 Å². The molecular formula is C26H45BN4O6. The van der Waals surface area contributed by atoms with Gasteiger partial charge in [0.05, 0.1) is 12.0 Å². The standard InChI is InChI=1S/C26H45BN4O6/c1-16(2)12-21(15-28)25(34)29-11-9-8-10-20(14-22(32)19(7)30-24(33)18(5)6)26(35)31-23(27(36)37)13-17(3)4/h12,16-20,23,36-37H,8-11,13-14H2,1-7H3,(H,29,34)(H,30,33)(H,31,35)/t19-,20+,23-/m0/s1. The number of nitrogens with one attached hydrogen (secondary N) is 3. The molecule has 0 aliphatic heterocycles. The van der Waals surface area contributed by atoms with Gasteiger partial charge >= 0.3 is 7.12 Å². The van der Waals surface area contributed by atoms with Gasteiger partial charge in [0.25, 0.3) is 5.91 Å². The van der Waals surface area contributed by atoms with Crippen LogP contribution >= 0.6 is 0 Å². The Kier molecular flexibility index (Phi) is 16.4. The zero-order chi connectivity index (χ0) is 28.7. The van der Waals surface area contributed by atoms with E-state index in [4.69, 9.17) is 5.26 Å². The van der Waals surface area contributed by atoms with Crippen LogP contribution < -0.4 is 16.0 Å². The van der Waals surface area contributed by atoms with Crippen molar-refractivity contribution in [2.75, 3.05) is 6.54 Å². The Hall–Kier alpha value is -2.71. The molecular weight excluding hydrogens is 475 g/mol. The monoisotopic (exact) mass is 520 g/mol. The minimum absolute atomic E-state index is 0.0500. The summed E-state index contributed by atoms with van der Waals surface area (Å²) in [6.07, 6.45) is 3.16. The van der Waals surface area contributed by atoms with Crippen LogP contribution in [0.2, 0.25) is 0 Å². The molecule has 0 unspecified atom stereocenters. The van der Waals surface area contributed by atoms with Crippen molar-refractivity contribution < 1.29 is 29.2 Å². The van der Waals surface area contributed by atoms with Gasteiger partial charge in [0.2, 0.25) is 11.8 Å². The van der Waals surface area contributed by atoms with Crippen LogP contribution in [0.5, 0.6) is 0 Å². The van der Waals surface area contributed by atoms with E-state index < -0.39 is 36.8 Å². The molecule has 0 fully saturated rings. The Balaban J connectivity index is 5.23. The van der Waals surface area contributed by atoms with E-state index in [2.05, 4.69) is 16.0 Å². The van der Waals surface area contributed by atoms with Crippen LogP contribution in [-0.2, 0) is 19.2 Å². The van der Waals surface area contributed by atoms with Crippen molar-refractivity contribution in [3.05, 3.63) is 11.6 Å². The summed E-state index contributed by atoms with van der Waals surface area (Å²) in [5.74, 6) is -3.23. The molecule has 0 radical (unpaired) electrons. The largest absolute Gasteiger partial charge is 0.475 e. The molecule has 11 heteroatoms. The zero-order valence-corrected chi connectivity index (χ0v) is 23.3. The Bertz CT molecular complexity index is 835. The van der Waals surface area contributed by atoms with Gasteiger partial charge < -0.3 is 26.0 Å². The molecule has 0 rings (SSSR count). The van der Waals surface area contributed by atoms with E-state index in [-0.39, 0.29) is 41.4 Å². The number of hydrogen-bond acceptors (Lipinski definition) is 7. The van der Waals surface area contributed by atoms with Crippen LogP contribution in [0.3, 0.4) is 0 Å². The van der Waals surface area contributed by atoms with Crippen LogP contribution in [0.15, 0.2) is 11.6 Å². The molecule has 3 amide bonds. The van der Waals surface area contributed by atoms with Crippen molar-refractivity contribution >= 4 is 30.6 Å². The summed E-state index contributed by atoms with van der Waals surface area (Å²) >= 11 is 0. The SMILES string of the molecule is CC(C)C=C(C#N)C(=O)NCCCC[C@H](CC(=O)[C@H](C)NC(=O)C(C)C)C(=O)N[C@@H](CC(C)C)B(O)O. The first-order valence-corrected chi connectivity index (χ1v) is 13.1. The highest BCUT2D eigenvalue weighted by molar-refractivity contribution is 6.43. The third kappa shape index (κ3) is 14.6. The van der Waals surface area contributed by atoms with Crippen LogP contribution in [0, 0.1) is 35.0 Å². The molecule has 0 heterocycles. The summed E-state index contributed by atoms with van der Waals surface area (Å²) in [6.45, 7) is 12.8. The number of rotatable bonds is 17. The summed E-state index contributed by atoms with van der Waals surface area (Å²) in [5.41, 5.74) is 0.0500. The first-order chi connectivity index (χ1) is 17.2. The number of carbonyl (C=O) groups is 4. The number of unbranched alkanes of at least 4 members (excludes halogenated alkanes) is 1. The van der Waals surface area contributed by atoms with Crippen molar-refractivity contribution in [2.45, 2.75) is 92.6 Å². The molecule has 0 saturated carbocycles. The van der Waals surface area contributed by atoms with Crippen LogP contribution in [-0.4, -0.2) is 59.2 Å². The number of hydrogen-bond donors (Lipinski definition) is 5. The molecule has 0 spiro atoms. The third-order valence-electron chi connectivity index (χ3n) is 5.73. The van der Waals surface area contributed by atoms with Crippen LogP contribution in [0.25, 0.3) is 0 Å². The summed E-state index contributed by atoms with van der Waals surface area (Å²) < 4.78 is 0. The van der Waals surface area contributed by atoms with Gasteiger partial charge in [0.15, 0.2) is 5.78 Å². The first-order valence-electron chi connectivity index (χ1n) is 13.1. The number of allylic oxidation sites excluding steroid dienone is 1. The van der Waals surface area contributed by atoms with E-state index in [1.165, 1.54) is 0 Å². The smallest absolute Gasteiger partial charge is 0.426 e. The predicted molar refractivity (Wildman–Crippen MR) is 143 cm³/mol. The molecule has 37 heavy (non-hydrogen) atoms. The third-order valence-corrected chi connectivity index (χ3v) is 5.73. The molecule has 0 aliphatic rings. The molecule has 208 valence electrons. The van der Waals surface area contributed by atoms with E-state index in [9.17, 15) is 29.2 Å². The molecule has 0 aromatic carbocycles. The second-order valence-electron chi connectivity index (χ2n) is 10.6. The lowest BCUT2D eigenvalue weighted by molar-refractivity contribution is -0.132. The highest BCUT2D eigenvalue weighted by Crippen LogP contribution is 2.17. The normalized spacial score (nSPS) is 14.1. The molecule has 3 atom stereocenters. The van der Waals surface area contributed by atoms with E-state index in [0.29, 0.717) is 32.2 Å². The van der Waals surface area contributed by atoms with Crippen LogP contribution in [0.1, 0.15) is 80.6 Å². The van der Waals surface area contributed by atoms with E-state index in [0.717, 1.165) is 0 Å². The van der Waals surface area contributed by atoms with E-state index in [1.54, 1.807) is 26.8 Å². The molecule has 10 nitrogen and oxygen atoms in total. The van der Waals surface area contributed by atoms with Crippen LogP contribution in [0.4, 0.5) is 0 Å². The van der Waals surface area contributed by atoms with Crippen molar-refractivity contribution in [1.29, 1.82) is 5.26 Å². The fraction of sp³-hybridized carbons (Fsp3) is 0.731. The second kappa shape index (κ2) is 17.7. The van der Waals surface area contributed by atoms with Gasteiger partial charge in [-0.15, -0.1) is 0 Å². The fourth-order valence-electron chi connectivity index (χ4n) is 3.58. The number of Topliss-reactive ketones (excluding diaryl/α,β-unsaturated/α-hetero) is 1. The van der Waals surface area contributed by atoms with Gasteiger partial charge in [-0.2, -0.15) is 5.26 Å². The molecule has 5 N–H and O–H groups in total. The zero-order valence-electron chi connectivity index (χ0n) is 23.3. The number of nitrogens with zero attached hydrogens (tertiary/aromatic N) is 1. The quantitative estimate of drug-likeness (QED) is 0.0841. The van der Waals surface area contributed by atoms with Crippen molar-refractivity contribution in [3.63, 3.8) is 0 Å². The molecule has 0 saturated heterocycles. The van der Waals surface area contributed by atoms with Gasteiger partial charge in [-0.1, -0.05) is 54.0 Å². The lowest BCUT2D eigenvalue weighted by Gasteiger charge is -2.24. The Morgan fingerprint density at radius 1 is 0.946 bits per heavy atom. The molecule has 0 aliphatic carbocycles. The second-order valence-corrected chi connectivity index (χ2v) is 10.6. The van der Waals surface area contributed by atoms with Gasteiger partial charge in [-0.05, 0) is 38.0 Å². The van der Waals surface area contributed by atoms with E-state index in [1.807, 2.05) is 33.8 Å².